The third-order valence-corrected chi connectivity index (χ3v) is 6.85. The largest absolute Gasteiger partial charge is 0.445 e. The van der Waals surface area contributed by atoms with Crippen LogP contribution in [0, 0.1) is 18.8 Å². The van der Waals surface area contributed by atoms with Crippen molar-refractivity contribution in [2.75, 3.05) is 6.54 Å². The SMILES string of the molecule is CCCc1cc(=O)oc2c(C)c(OC(=O)C3CCC(CNC(=O)OCc4ccccc4)CC3)ccc12. The van der Waals surface area contributed by atoms with Gasteiger partial charge in [0.1, 0.15) is 17.9 Å². The van der Waals surface area contributed by atoms with Crippen LogP contribution in [0.1, 0.15) is 55.7 Å². The fourth-order valence-corrected chi connectivity index (χ4v) is 4.79. The molecule has 1 amide bonds. The van der Waals surface area contributed by atoms with Gasteiger partial charge >= 0.3 is 17.7 Å². The van der Waals surface area contributed by atoms with Crippen LogP contribution in [0.4, 0.5) is 4.79 Å². The van der Waals surface area contributed by atoms with Gasteiger partial charge in [0.05, 0.1) is 5.92 Å². The lowest BCUT2D eigenvalue weighted by Crippen LogP contribution is -2.33. The van der Waals surface area contributed by atoms with Gasteiger partial charge in [-0.05, 0) is 68.2 Å². The lowest BCUT2D eigenvalue weighted by atomic mass is 9.82. The number of esters is 1. The Labute approximate surface area is 210 Å². The summed E-state index contributed by atoms with van der Waals surface area (Å²) < 4.78 is 16.5. The number of alkyl carbamates (subject to hydrolysis) is 1. The number of rotatable bonds is 8. The second-order valence-corrected chi connectivity index (χ2v) is 9.49. The Morgan fingerprint density at radius 3 is 2.53 bits per heavy atom. The third-order valence-electron chi connectivity index (χ3n) is 6.85. The number of aryl methyl sites for hydroxylation is 2. The van der Waals surface area contributed by atoms with Crippen molar-refractivity contribution in [3.05, 3.63) is 75.6 Å². The number of benzene rings is 2. The van der Waals surface area contributed by atoms with Crippen molar-refractivity contribution in [3.63, 3.8) is 0 Å². The highest BCUT2D eigenvalue weighted by atomic mass is 16.5. The van der Waals surface area contributed by atoms with E-state index < -0.39 is 11.7 Å². The number of fused-ring (bicyclic) bond motifs is 1. The second-order valence-electron chi connectivity index (χ2n) is 9.49. The molecule has 190 valence electrons. The zero-order chi connectivity index (χ0) is 25.5. The molecule has 4 rings (SSSR count). The minimum Gasteiger partial charge on any atom is -0.445 e. The summed E-state index contributed by atoms with van der Waals surface area (Å²) >= 11 is 0. The van der Waals surface area contributed by atoms with Gasteiger partial charge in [-0.15, -0.1) is 0 Å². The van der Waals surface area contributed by atoms with Gasteiger partial charge in [0, 0.05) is 23.6 Å². The molecule has 0 aliphatic heterocycles. The van der Waals surface area contributed by atoms with Gasteiger partial charge in [-0.2, -0.15) is 0 Å². The summed E-state index contributed by atoms with van der Waals surface area (Å²) in [5, 5.41) is 3.71. The van der Waals surface area contributed by atoms with E-state index in [-0.39, 0.29) is 18.5 Å². The van der Waals surface area contributed by atoms with Crippen molar-refractivity contribution in [1.29, 1.82) is 0 Å². The van der Waals surface area contributed by atoms with Gasteiger partial charge in [-0.25, -0.2) is 9.59 Å². The van der Waals surface area contributed by atoms with E-state index in [1.165, 1.54) is 6.07 Å². The van der Waals surface area contributed by atoms with E-state index in [0.29, 0.717) is 42.2 Å². The van der Waals surface area contributed by atoms with E-state index in [1.807, 2.05) is 43.3 Å². The van der Waals surface area contributed by atoms with Crippen molar-refractivity contribution in [1.82, 2.24) is 5.32 Å². The first kappa shape index (κ1) is 25.5. The average molecular weight is 492 g/mol. The Morgan fingerprint density at radius 1 is 1.06 bits per heavy atom. The maximum atomic E-state index is 12.9. The van der Waals surface area contributed by atoms with Gasteiger partial charge in [-0.1, -0.05) is 43.7 Å². The number of ether oxygens (including phenoxy) is 2. The van der Waals surface area contributed by atoms with Crippen molar-refractivity contribution in [2.24, 2.45) is 11.8 Å². The third kappa shape index (κ3) is 6.33. The predicted molar refractivity (Wildman–Crippen MR) is 137 cm³/mol. The zero-order valence-corrected chi connectivity index (χ0v) is 20.9. The molecule has 7 heteroatoms. The van der Waals surface area contributed by atoms with Crippen LogP contribution in [0.3, 0.4) is 0 Å². The van der Waals surface area contributed by atoms with Crippen LogP contribution in [-0.2, 0) is 22.6 Å². The van der Waals surface area contributed by atoms with E-state index in [1.54, 1.807) is 6.07 Å². The lowest BCUT2D eigenvalue weighted by molar-refractivity contribution is -0.140. The van der Waals surface area contributed by atoms with Crippen molar-refractivity contribution in [2.45, 2.75) is 59.0 Å². The van der Waals surface area contributed by atoms with Gasteiger partial charge in [-0.3, -0.25) is 4.79 Å². The number of amides is 1. The summed E-state index contributed by atoms with van der Waals surface area (Å²) in [4.78, 5) is 36.9. The monoisotopic (exact) mass is 491 g/mol. The van der Waals surface area contributed by atoms with Crippen LogP contribution in [0.15, 0.2) is 57.7 Å². The van der Waals surface area contributed by atoms with Crippen molar-refractivity contribution in [3.8, 4) is 5.75 Å². The van der Waals surface area contributed by atoms with E-state index in [0.717, 1.165) is 42.2 Å². The van der Waals surface area contributed by atoms with Gasteiger partial charge in [0.25, 0.3) is 0 Å². The second kappa shape index (κ2) is 11.9. The summed E-state index contributed by atoms with van der Waals surface area (Å²) in [7, 11) is 0. The van der Waals surface area contributed by atoms with Crippen molar-refractivity contribution >= 4 is 23.0 Å². The predicted octanol–water partition coefficient (Wildman–Crippen LogP) is 5.69. The van der Waals surface area contributed by atoms with Crippen LogP contribution in [-0.4, -0.2) is 18.6 Å². The molecule has 3 aromatic rings. The first-order valence-corrected chi connectivity index (χ1v) is 12.7. The fourth-order valence-electron chi connectivity index (χ4n) is 4.79. The summed E-state index contributed by atoms with van der Waals surface area (Å²) in [6.45, 7) is 4.63. The van der Waals surface area contributed by atoms with Crippen molar-refractivity contribution < 1.29 is 23.5 Å². The molecule has 1 heterocycles. The highest BCUT2D eigenvalue weighted by Gasteiger charge is 2.28. The quantitative estimate of drug-likeness (QED) is 0.247. The molecule has 1 aliphatic carbocycles. The molecule has 0 radical (unpaired) electrons. The van der Waals surface area contributed by atoms with Gasteiger partial charge in [0.2, 0.25) is 0 Å². The average Bonchev–Trinajstić information content (AvgIpc) is 2.89. The molecule has 1 fully saturated rings. The van der Waals surface area contributed by atoms with E-state index >= 15 is 0 Å². The van der Waals surface area contributed by atoms with E-state index in [2.05, 4.69) is 12.2 Å². The van der Waals surface area contributed by atoms with Crippen LogP contribution in [0.5, 0.6) is 5.75 Å². The number of carbonyl (C=O) groups is 2. The Balaban J connectivity index is 1.27. The molecule has 0 spiro atoms. The molecule has 1 N–H and O–H groups in total. The number of hydrogen-bond donors (Lipinski definition) is 1. The Hall–Kier alpha value is -3.61. The summed E-state index contributed by atoms with van der Waals surface area (Å²) in [5.74, 6) is 0.263. The highest BCUT2D eigenvalue weighted by molar-refractivity contribution is 5.86. The molecular formula is C29H33NO6. The summed E-state index contributed by atoms with van der Waals surface area (Å²) in [6.07, 6.45) is 4.32. The highest BCUT2D eigenvalue weighted by Crippen LogP contribution is 2.33. The minimum atomic E-state index is -0.430. The van der Waals surface area contributed by atoms with Crippen LogP contribution in [0.2, 0.25) is 0 Å². The molecule has 1 aromatic heterocycles. The molecule has 2 aromatic carbocycles. The lowest BCUT2D eigenvalue weighted by Gasteiger charge is -2.27. The fraction of sp³-hybridized carbons (Fsp3) is 0.414. The van der Waals surface area contributed by atoms with E-state index in [4.69, 9.17) is 13.9 Å². The zero-order valence-electron chi connectivity index (χ0n) is 20.9. The number of hydrogen-bond acceptors (Lipinski definition) is 6. The maximum Gasteiger partial charge on any atom is 0.407 e. The topological polar surface area (TPSA) is 94.8 Å². The summed E-state index contributed by atoms with van der Waals surface area (Å²) in [6, 6.07) is 14.7. The van der Waals surface area contributed by atoms with Gasteiger partial charge in [0.15, 0.2) is 0 Å². The van der Waals surface area contributed by atoms with Crippen LogP contribution < -0.4 is 15.7 Å². The molecule has 7 nitrogen and oxygen atoms in total. The molecular weight excluding hydrogens is 458 g/mol. The first-order valence-electron chi connectivity index (χ1n) is 12.7. The standard InChI is InChI=1S/C29H33NO6/c1-3-7-23-16-26(31)36-27-19(2)25(15-14-24(23)27)35-28(32)22-12-10-20(11-13-22)17-30-29(33)34-18-21-8-5-4-6-9-21/h4-6,8-9,14-16,20,22H,3,7,10-13,17-18H2,1-2H3,(H,30,33). The molecule has 0 saturated heterocycles. The van der Waals surface area contributed by atoms with Crippen LogP contribution >= 0.6 is 0 Å². The molecule has 1 saturated carbocycles. The molecule has 36 heavy (non-hydrogen) atoms. The van der Waals surface area contributed by atoms with Crippen LogP contribution in [0.25, 0.3) is 11.0 Å². The molecule has 1 aliphatic rings. The Bertz CT molecular complexity index is 1260. The first-order chi connectivity index (χ1) is 17.4. The van der Waals surface area contributed by atoms with E-state index in [9.17, 15) is 14.4 Å². The minimum absolute atomic E-state index is 0.195. The Morgan fingerprint density at radius 2 is 1.81 bits per heavy atom. The maximum absolute atomic E-state index is 12.9. The summed E-state index contributed by atoms with van der Waals surface area (Å²) in [5.41, 5.74) is 2.62. The number of nitrogens with one attached hydrogen (secondary N) is 1. The number of carbonyl (C=O) groups excluding carboxylic acids is 2. The van der Waals surface area contributed by atoms with Gasteiger partial charge < -0.3 is 19.2 Å². The smallest absolute Gasteiger partial charge is 0.407 e. The normalized spacial score (nSPS) is 17.5. The molecule has 0 atom stereocenters. The molecule has 0 bridgehead atoms. The molecule has 0 unspecified atom stereocenters. The Kier molecular flexibility index (Phi) is 8.41.